The molecule has 0 saturated carbocycles. The number of carbonyl (C=O) groups excluding carboxylic acids is 1. The summed E-state index contributed by atoms with van der Waals surface area (Å²) in [6.07, 6.45) is 2.28. The maximum atomic E-state index is 13.8. The third-order valence-electron chi connectivity index (χ3n) is 5.13. The molecule has 9 nitrogen and oxygen atoms in total. The predicted octanol–water partition coefficient (Wildman–Crippen LogP) is 5.02. The molecule has 0 spiro atoms. The zero-order chi connectivity index (χ0) is 26.1. The van der Waals surface area contributed by atoms with Crippen LogP contribution in [0.1, 0.15) is 26.5 Å². The van der Waals surface area contributed by atoms with E-state index in [0.717, 1.165) is 0 Å². The summed E-state index contributed by atoms with van der Waals surface area (Å²) < 4.78 is 39.1. The average Bonchev–Trinajstić information content (AvgIpc) is 3.19. The van der Waals surface area contributed by atoms with E-state index in [-0.39, 0.29) is 11.4 Å². The van der Waals surface area contributed by atoms with Gasteiger partial charge in [-0.2, -0.15) is 0 Å². The molecule has 0 aliphatic carbocycles. The highest BCUT2D eigenvalue weighted by atomic mass is 35.5. The molecule has 4 rings (SSSR count). The second-order valence-corrected chi connectivity index (χ2v) is 11.1. The molecule has 2 aromatic heterocycles. The molecule has 0 atom stereocenters. The Labute approximate surface area is 214 Å². The molecule has 0 unspecified atom stereocenters. The number of methoxy groups -OCH3 is 1. The van der Waals surface area contributed by atoms with Crippen LogP contribution < -0.4 is 10.1 Å². The number of aromatic nitrogens is 3. The Morgan fingerprint density at radius 2 is 1.81 bits per heavy atom. The highest BCUT2D eigenvalue weighted by Gasteiger charge is 2.25. The Bertz CT molecular complexity index is 1510. The fourth-order valence-electron chi connectivity index (χ4n) is 3.60. The maximum absolute atomic E-state index is 13.8. The van der Waals surface area contributed by atoms with Gasteiger partial charge in [-0.15, -0.1) is 0 Å². The summed E-state index contributed by atoms with van der Waals surface area (Å²) in [5, 5.41) is 3.58. The van der Waals surface area contributed by atoms with Gasteiger partial charge in [-0.05, 0) is 51.1 Å². The summed E-state index contributed by atoms with van der Waals surface area (Å²) in [5.41, 5.74) is 0.939. The number of nitrogens with zero attached hydrogens (tertiary/aromatic N) is 3. The molecule has 0 radical (unpaired) electrons. The topological polar surface area (TPSA) is 112 Å². The van der Waals surface area contributed by atoms with E-state index >= 15 is 0 Å². The van der Waals surface area contributed by atoms with E-state index in [4.69, 9.17) is 21.1 Å². The number of ether oxygens (including phenoxy) is 2. The third-order valence-corrected chi connectivity index (χ3v) is 7.22. The molecule has 0 aliphatic heterocycles. The molecule has 1 amide bonds. The number of hydrogen-bond donors (Lipinski definition) is 1. The van der Waals surface area contributed by atoms with Crippen LogP contribution in [-0.4, -0.2) is 41.2 Å². The highest BCUT2D eigenvalue weighted by Crippen LogP contribution is 2.34. The Kier molecular flexibility index (Phi) is 6.92. The molecule has 2 aromatic carbocycles. The minimum absolute atomic E-state index is 0.0923. The smallest absolute Gasteiger partial charge is 0.407 e. The Hall–Kier alpha value is -3.63. The van der Waals surface area contributed by atoms with Crippen LogP contribution in [0.2, 0.25) is 5.02 Å². The van der Waals surface area contributed by atoms with Crippen molar-refractivity contribution in [2.24, 2.45) is 0 Å². The number of hydrogen-bond acceptors (Lipinski definition) is 7. The van der Waals surface area contributed by atoms with E-state index in [2.05, 4.69) is 15.3 Å². The molecule has 4 aromatic rings. The number of halogens is 1. The molecule has 36 heavy (non-hydrogen) atoms. The zero-order valence-corrected chi connectivity index (χ0v) is 21.7. The van der Waals surface area contributed by atoms with Crippen LogP contribution in [0.3, 0.4) is 0 Å². The summed E-state index contributed by atoms with van der Waals surface area (Å²) in [5.74, 6) is 0.335. The van der Waals surface area contributed by atoms with Gasteiger partial charge in [0.15, 0.2) is 0 Å². The van der Waals surface area contributed by atoms with Gasteiger partial charge in [0.05, 0.1) is 52.9 Å². The zero-order valence-electron chi connectivity index (χ0n) is 20.1. The number of nitrogens with one attached hydrogen (secondary N) is 1. The van der Waals surface area contributed by atoms with Crippen LogP contribution in [0.15, 0.2) is 65.8 Å². The molecule has 1 N–H and O–H groups in total. The monoisotopic (exact) mass is 528 g/mol. The van der Waals surface area contributed by atoms with Crippen molar-refractivity contribution in [2.75, 3.05) is 7.11 Å². The lowest BCUT2D eigenvalue weighted by Crippen LogP contribution is -2.33. The Balaban J connectivity index is 1.86. The summed E-state index contributed by atoms with van der Waals surface area (Å²) in [6, 6.07) is 13.0. The maximum Gasteiger partial charge on any atom is 0.407 e. The number of alkyl carbamates (subject to hydrolysis) is 1. The van der Waals surface area contributed by atoms with Gasteiger partial charge in [0.1, 0.15) is 5.60 Å². The van der Waals surface area contributed by atoms with Gasteiger partial charge in [0.25, 0.3) is 10.0 Å². The average molecular weight is 529 g/mol. The number of amides is 1. The number of fused-ring (bicyclic) bond motifs is 1. The van der Waals surface area contributed by atoms with E-state index < -0.39 is 21.7 Å². The highest BCUT2D eigenvalue weighted by molar-refractivity contribution is 7.90. The first-order valence-electron chi connectivity index (χ1n) is 11.0. The molecule has 11 heteroatoms. The molecule has 188 valence electrons. The van der Waals surface area contributed by atoms with Crippen molar-refractivity contribution in [1.82, 2.24) is 19.3 Å². The summed E-state index contributed by atoms with van der Waals surface area (Å²) in [4.78, 5) is 20.9. The van der Waals surface area contributed by atoms with Gasteiger partial charge >= 0.3 is 6.09 Å². The number of rotatable bonds is 6. The predicted molar refractivity (Wildman–Crippen MR) is 137 cm³/mol. The van der Waals surface area contributed by atoms with Crippen LogP contribution in [-0.2, 0) is 21.3 Å². The van der Waals surface area contributed by atoms with E-state index in [1.54, 1.807) is 57.2 Å². The van der Waals surface area contributed by atoms with Crippen molar-refractivity contribution in [1.29, 1.82) is 0 Å². The van der Waals surface area contributed by atoms with Crippen LogP contribution in [0.4, 0.5) is 4.79 Å². The molecule has 0 fully saturated rings. The van der Waals surface area contributed by atoms with E-state index in [1.165, 1.54) is 35.6 Å². The Morgan fingerprint density at radius 1 is 1.08 bits per heavy atom. The molecular formula is C25H25ClN4O5S. The van der Waals surface area contributed by atoms with Crippen molar-refractivity contribution in [3.05, 3.63) is 71.6 Å². The standard InChI is InChI=1S/C25H25ClN4O5S/c1-25(2,3)35-24(31)29-13-17-10-16-11-20(26)19(21-14-28-23(34-4)15-27-21)12-22(16)30(17)36(32,33)18-8-6-5-7-9-18/h5-12,14-15H,13H2,1-4H3,(H,29,31). The van der Waals surface area contributed by atoms with Crippen molar-refractivity contribution < 1.29 is 22.7 Å². The molecule has 0 aliphatic rings. The minimum Gasteiger partial charge on any atom is -0.480 e. The first-order valence-corrected chi connectivity index (χ1v) is 12.8. The van der Waals surface area contributed by atoms with E-state index in [0.29, 0.717) is 38.8 Å². The molecule has 2 heterocycles. The second kappa shape index (κ2) is 9.79. The lowest BCUT2D eigenvalue weighted by molar-refractivity contribution is 0.0522. The first-order chi connectivity index (χ1) is 17.0. The second-order valence-electron chi connectivity index (χ2n) is 8.91. The first kappa shape index (κ1) is 25.5. The SMILES string of the molecule is COc1cnc(-c2cc3c(cc2Cl)cc(CNC(=O)OC(C)(C)C)n3S(=O)(=O)c2ccccc2)cn1. The van der Waals surface area contributed by atoms with Gasteiger partial charge in [0.2, 0.25) is 5.88 Å². The number of carbonyl (C=O) groups is 1. The fourth-order valence-corrected chi connectivity index (χ4v) is 5.42. The van der Waals surface area contributed by atoms with Crippen LogP contribution >= 0.6 is 11.6 Å². The summed E-state index contributed by atoms with van der Waals surface area (Å²) in [6.45, 7) is 5.14. The third kappa shape index (κ3) is 5.29. The fraction of sp³-hybridized carbons (Fsp3) is 0.240. The van der Waals surface area contributed by atoms with Crippen molar-refractivity contribution in [3.63, 3.8) is 0 Å². The van der Waals surface area contributed by atoms with E-state index in [9.17, 15) is 13.2 Å². The van der Waals surface area contributed by atoms with Gasteiger partial charge < -0.3 is 14.8 Å². The van der Waals surface area contributed by atoms with Gasteiger partial charge in [-0.1, -0.05) is 29.8 Å². The largest absolute Gasteiger partial charge is 0.480 e. The summed E-state index contributed by atoms with van der Waals surface area (Å²) >= 11 is 6.56. The van der Waals surface area contributed by atoms with Gasteiger partial charge in [-0.25, -0.2) is 27.2 Å². The van der Waals surface area contributed by atoms with Crippen molar-refractivity contribution >= 4 is 38.6 Å². The lowest BCUT2D eigenvalue weighted by atomic mass is 10.1. The molecule has 0 saturated heterocycles. The van der Waals surface area contributed by atoms with E-state index in [1.807, 2.05) is 0 Å². The Morgan fingerprint density at radius 3 is 2.42 bits per heavy atom. The quantitative estimate of drug-likeness (QED) is 0.374. The molecular weight excluding hydrogens is 504 g/mol. The molecule has 0 bridgehead atoms. The summed E-state index contributed by atoms with van der Waals surface area (Å²) in [7, 11) is -2.55. The normalized spacial score (nSPS) is 11.9. The van der Waals surface area contributed by atoms with Crippen molar-refractivity contribution in [2.45, 2.75) is 37.8 Å². The van der Waals surface area contributed by atoms with Gasteiger partial charge in [0, 0.05) is 10.9 Å². The van der Waals surface area contributed by atoms with Gasteiger partial charge in [-0.3, -0.25) is 0 Å². The van der Waals surface area contributed by atoms with Crippen LogP contribution in [0, 0.1) is 0 Å². The number of benzene rings is 2. The van der Waals surface area contributed by atoms with Crippen LogP contribution in [0.25, 0.3) is 22.2 Å². The van der Waals surface area contributed by atoms with Crippen molar-refractivity contribution in [3.8, 4) is 17.1 Å². The minimum atomic E-state index is -4.03. The lowest BCUT2D eigenvalue weighted by Gasteiger charge is -2.20. The van der Waals surface area contributed by atoms with Crippen LogP contribution in [0.5, 0.6) is 5.88 Å².